The van der Waals surface area contributed by atoms with E-state index in [1.54, 1.807) is 0 Å². The van der Waals surface area contributed by atoms with E-state index in [9.17, 15) is 5.11 Å². The molecule has 1 N–H and O–H groups in total. The number of nitrogens with zero attached hydrogens (tertiary/aromatic N) is 5. The van der Waals surface area contributed by atoms with Crippen LogP contribution in [0, 0.1) is 0 Å². The van der Waals surface area contributed by atoms with Crippen LogP contribution in [0.2, 0.25) is 0 Å². The number of hydrogen-bond acceptors (Lipinski definition) is 5. The lowest BCUT2D eigenvalue weighted by Gasteiger charge is -2.29. The van der Waals surface area contributed by atoms with Crippen molar-refractivity contribution in [2.75, 3.05) is 20.1 Å². The van der Waals surface area contributed by atoms with Crippen LogP contribution in [0.25, 0.3) is 0 Å². The molecule has 1 aromatic carbocycles. The second-order valence-corrected chi connectivity index (χ2v) is 7.35. The summed E-state index contributed by atoms with van der Waals surface area (Å²) in [7, 11) is 2.05. The number of β-amino-alcohol motifs (C(OH)–C–C–N with tert-alkyl or cyclic N) is 1. The largest absolute Gasteiger partial charge is 0.392 e. The van der Waals surface area contributed by atoms with Gasteiger partial charge in [-0.3, -0.25) is 9.80 Å². The minimum absolute atomic E-state index is 0.185. The number of fused-ring (bicyclic) bond motifs is 1. The predicted molar refractivity (Wildman–Crippen MR) is 96.0 cm³/mol. The molecule has 2 aliphatic rings. The van der Waals surface area contributed by atoms with Crippen molar-refractivity contribution in [2.45, 2.75) is 51.5 Å². The summed E-state index contributed by atoms with van der Waals surface area (Å²) in [5.74, 6) is 2.06. The maximum absolute atomic E-state index is 9.91. The summed E-state index contributed by atoms with van der Waals surface area (Å²) in [4.78, 5) is 4.62. The van der Waals surface area contributed by atoms with E-state index in [2.05, 4.69) is 62.8 Å². The number of hydrogen-bond donors (Lipinski definition) is 1. The van der Waals surface area contributed by atoms with Gasteiger partial charge in [-0.05, 0) is 31.0 Å². The number of benzene rings is 1. The van der Waals surface area contributed by atoms with E-state index in [1.807, 2.05) is 0 Å². The molecule has 1 saturated heterocycles. The Hall–Kier alpha value is -1.76. The second-order valence-electron chi connectivity index (χ2n) is 7.35. The van der Waals surface area contributed by atoms with Crippen molar-refractivity contribution in [3.8, 4) is 0 Å². The number of likely N-dealkylation sites (tertiary alicyclic amines) is 1. The van der Waals surface area contributed by atoms with Crippen molar-refractivity contribution < 1.29 is 5.11 Å². The molecule has 25 heavy (non-hydrogen) atoms. The highest BCUT2D eigenvalue weighted by molar-refractivity contribution is 5.22. The van der Waals surface area contributed by atoms with E-state index < -0.39 is 0 Å². The van der Waals surface area contributed by atoms with E-state index in [0.717, 1.165) is 50.7 Å². The number of rotatable bonds is 4. The first-order valence-electron chi connectivity index (χ1n) is 9.24. The van der Waals surface area contributed by atoms with Crippen LogP contribution in [0.1, 0.15) is 42.2 Å². The molecule has 3 heterocycles. The third kappa shape index (κ3) is 3.34. The molecule has 6 nitrogen and oxygen atoms in total. The van der Waals surface area contributed by atoms with Crippen molar-refractivity contribution in [1.29, 1.82) is 0 Å². The summed E-state index contributed by atoms with van der Waals surface area (Å²) in [5, 5.41) is 18.8. The third-order valence-corrected chi connectivity index (χ3v) is 5.52. The van der Waals surface area contributed by atoms with E-state index in [-0.39, 0.29) is 12.1 Å². The number of aliphatic hydroxyl groups is 1. The van der Waals surface area contributed by atoms with Gasteiger partial charge in [0, 0.05) is 26.2 Å². The molecular formula is C19H27N5O. The van der Waals surface area contributed by atoms with Gasteiger partial charge >= 0.3 is 0 Å². The number of likely N-dealkylation sites (N-methyl/N-ethyl adjacent to an activating group) is 1. The number of aliphatic hydroxyl groups excluding tert-OH is 1. The molecule has 0 bridgehead atoms. The quantitative estimate of drug-likeness (QED) is 0.915. The lowest BCUT2D eigenvalue weighted by molar-refractivity contribution is 0.182. The van der Waals surface area contributed by atoms with Crippen molar-refractivity contribution >= 4 is 0 Å². The van der Waals surface area contributed by atoms with Crippen LogP contribution in [0.5, 0.6) is 0 Å². The van der Waals surface area contributed by atoms with Crippen LogP contribution in [0.15, 0.2) is 24.3 Å². The van der Waals surface area contributed by atoms with Gasteiger partial charge < -0.3 is 9.67 Å². The first-order chi connectivity index (χ1) is 12.1. The van der Waals surface area contributed by atoms with Gasteiger partial charge in [-0.25, -0.2) is 0 Å². The van der Waals surface area contributed by atoms with Gasteiger partial charge in [0.2, 0.25) is 0 Å². The normalized spacial score (nSPS) is 24.6. The summed E-state index contributed by atoms with van der Waals surface area (Å²) in [5.41, 5.74) is 2.73. The van der Waals surface area contributed by atoms with Crippen LogP contribution in [-0.2, 0) is 26.1 Å². The smallest absolute Gasteiger partial charge is 0.150 e. The summed E-state index contributed by atoms with van der Waals surface area (Å²) in [6.45, 7) is 6.62. The van der Waals surface area contributed by atoms with Gasteiger partial charge in [0.25, 0.3) is 0 Å². The maximum atomic E-state index is 9.91. The highest BCUT2D eigenvalue weighted by Gasteiger charge is 2.34. The molecule has 1 fully saturated rings. The van der Waals surface area contributed by atoms with E-state index in [0.29, 0.717) is 6.54 Å². The standard InChI is InChI=1S/C19H27N5O/c1-3-14-4-6-15(7-5-14)11-23-8-9-24-18(13-23)20-21-19(24)17-10-16(25)12-22(17)2/h4-7,16-17,25H,3,8-13H2,1-2H3/t16-,17+/m1/s1. The van der Waals surface area contributed by atoms with Crippen LogP contribution in [-0.4, -0.2) is 55.9 Å². The van der Waals surface area contributed by atoms with Gasteiger partial charge in [-0.2, -0.15) is 0 Å². The first kappa shape index (κ1) is 16.7. The first-order valence-corrected chi connectivity index (χ1v) is 9.24. The monoisotopic (exact) mass is 341 g/mol. The van der Waals surface area contributed by atoms with Crippen LogP contribution in [0.3, 0.4) is 0 Å². The zero-order valence-electron chi connectivity index (χ0n) is 15.1. The second kappa shape index (κ2) is 6.86. The molecule has 0 amide bonds. The highest BCUT2D eigenvalue weighted by Crippen LogP contribution is 2.31. The molecule has 0 saturated carbocycles. The lowest BCUT2D eigenvalue weighted by atomic mass is 10.1. The molecule has 0 aliphatic carbocycles. The molecule has 2 aromatic rings. The fraction of sp³-hybridized carbons (Fsp3) is 0.579. The molecule has 0 spiro atoms. The summed E-state index contributed by atoms with van der Waals surface area (Å²) >= 11 is 0. The molecular weight excluding hydrogens is 314 g/mol. The Bertz CT molecular complexity index is 726. The molecule has 0 radical (unpaired) electrons. The SMILES string of the molecule is CCc1ccc(CN2CCn3c(nnc3[C@@H]3C[C@@H](O)CN3C)C2)cc1. The van der Waals surface area contributed by atoms with Crippen LogP contribution in [0.4, 0.5) is 0 Å². The minimum atomic E-state index is -0.255. The van der Waals surface area contributed by atoms with Gasteiger partial charge in [0.1, 0.15) is 5.82 Å². The molecule has 1 aromatic heterocycles. The Kier molecular flexibility index (Phi) is 4.58. The Morgan fingerprint density at radius 1 is 1.12 bits per heavy atom. The van der Waals surface area contributed by atoms with Crippen molar-refractivity contribution in [2.24, 2.45) is 0 Å². The van der Waals surface area contributed by atoms with Gasteiger partial charge in [-0.1, -0.05) is 31.2 Å². The molecule has 134 valence electrons. The molecule has 6 heteroatoms. The molecule has 2 atom stereocenters. The minimum Gasteiger partial charge on any atom is -0.392 e. The van der Waals surface area contributed by atoms with Crippen molar-refractivity contribution in [3.63, 3.8) is 0 Å². The van der Waals surface area contributed by atoms with Crippen molar-refractivity contribution in [3.05, 3.63) is 47.0 Å². The fourth-order valence-corrected chi connectivity index (χ4v) is 4.02. The predicted octanol–water partition coefficient (Wildman–Crippen LogP) is 1.59. The van der Waals surface area contributed by atoms with Crippen molar-refractivity contribution in [1.82, 2.24) is 24.6 Å². The Morgan fingerprint density at radius 3 is 2.56 bits per heavy atom. The van der Waals surface area contributed by atoms with Crippen LogP contribution >= 0.6 is 0 Å². The van der Waals surface area contributed by atoms with E-state index >= 15 is 0 Å². The average Bonchev–Trinajstić information content (AvgIpc) is 3.17. The number of aryl methyl sites for hydroxylation is 1. The van der Waals surface area contributed by atoms with E-state index in [1.165, 1.54) is 11.1 Å². The molecule has 4 rings (SSSR count). The number of aromatic nitrogens is 3. The topological polar surface area (TPSA) is 57.4 Å². The summed E-state index contributed by atoms with van der Waals surface area (Å²) < 4.78 is 2.26. The van der Waals surface area contributed by atoms with Gasteiger partial charge in [0.15, 0.2) is 5.82 Å². The zero-order chi connectivity index (χ0) is 17.4. The average molecular weight is 341 g/mol. The summed E-state index contributed by atoms with van der Waals surface area (Å²) in [6.07, 6.45) is 1.58. The van der Waals surface area contributed by atoms with Gasteiger partial charge in [0.05, 0.1) is 18.7 Å². The zero-order valence-corrected chi connectivity index (χ0v) is 15.1. The van der Waals surface area contributed by atoms with E-state index in [4.69, 9.17) is 0 Å². The fourth-order valence-electron chi connectivity index (χ4n) is 4.02. The Morgan fingerprint density at radius 2 is 1.88 bits per heavy atom. The third-order valence-electron chi connectivity index (χ3n) is 5.52. The van der Waals surface area contributed by atoms with Crippen LogP contribution < -0.4 is 0 Å². The summed E-state index contributed by atoms with van der Waals surface area (Å²) in [6, 6.07) is 9.10. The molecule has 0 unspecified atom stereocenters. The molecule has 2 aliphatic heterocycles. The highest BCUT2D eigenvalue weighted by atomic mass is 16.3. The Labute approximate surface area is 149 Å². The lowest BCUT2D eigenvalue weighted by Crippen LogP contribution is -2.34. The Balaban J connectivity index is 1.45. The maximum Gasteiger partial charge on any atom is 0.150 e. The van der Waals surface area contributed by atoms with Gasteiger partial charge in [-0.15, -0.1) is 10.2 Å².